The lowest BCUT2D eigenvalue weighted by atomic mass is 9.96. The van der Waals surface area contributed by atoms with E-state index in [9.17, 15) is 14.7 Å². The minimum absolute atomic E-state index is 0.0906. The van der Waals surface area contributed by atoms with Crippen molar-refractivity contribution < 1.29 is 19.4 Å². The second kappa shape index (κ2) is 11.0. The van der Waals surface area contributed by atoms with Crippen LogP contribution in [0.5, 0.6) is 5.75 Å². The first-order valence-electron chi connectivity index (χ1n) is 11.3. The van der Waals surface area contributed by atoms with E-state index in [1.165, 1.54) is 24.6 Å². The Morgan fingerprint density at radius 2 is 1.82 bits per heavy atom. The zero-order valence-corrected chi connectivity index (χ0v) is 19.3. The summed E-state index contributed by atoms with van der Waals surface area (Å²) in [6.45, 7) is 0.162. The van der Waals surface area contributed by atoms with Crippen molar-refractivity contribution >= 4 is 40.6 Å². The van der Waals surface area contributed by atoms with Crippen molar-refractivity contribution in [2.24, 2.45) is 5.10 Å². The molecule has 1 aliphatic rings. The minimum atomic E-state index is -0.448. The Labute approximate surface area is 202 Å². The molecule has 34 heavy (non-hydrogen) atoms. The molecule has 0 aromatic heterocycles. The SMILES string of the molecule is O=C(NC1CCCCC1)OCc1ccc(/C=N/NC(=O)c2ccc(O)c(Cl)c2)c2ccccc12. The van der Waals surface area contributed by atoms with Crippen LogP contribution in [0, 0.1) is 0 Å². The topological polar surface area (TPSA) is 100 Å². The van der Waals surface area contributed by atoms with Crippen LogP contribution >= 0.6 is 11.6 Å². The molecule has 7 nitrogen and oxygen atoms in total. The number of rotatable bonds is 6. The van der Waals surface area contributed by atoms with Gasteiger partial charge < -0.3 is 15.2 Å². The quantitative estimate of drug-likeness (QED) is 0.320. The highest BCUT2D eigenvalue weighted by Gasteiger charge is 2.16. The van der Waals surface area contributed by atoms with Crippen molar-refractivity contribution in [1.82, 2.24) is 10.7 Å². The zero-order chi connectivity index (χ0) is 23.9. The molecule has 0 atom stereocenters. The van der Waals surface area contributed by atoms with Crippen LogP contribution in [0.3, 0.4) is 0 Å². The number of hydrogen-bond acceptors (Lipinski definition) is 5. The van der Waals surface area contributed by atoms with E-state index >= 15 is 0 Å². The average molecular weight is 480 g/mol. The second-order valence-electron chi connectivity index (χ2n) is 8.28. The van der Waals surface area contributed by atoms with Crippen LogP contribution in [0.25, 0.3) is 10.8 Å². The Hall–Kier alpha value is -3.58. The second-order valence-corrected chi connectivity index (χ2v) is 8.69. The van der Waals surface area contributed by atoms with Crippen molar-refractivity contribution in [3.05, 3.63) is 76.3 Å². The summed E-state index contributed by atoms with van der Waals surface area (Å²) in [5.41, 5.74) is 4.43. The van der Waals surface area contributed by atoms with Crippen LogP contribution in [-0.2, 0) is 11.3 Å². The number of benzene rings is 3. The molecule has 0 spiro atoms. The number of halogens is 1. The van der Waals surface area contributed by atoms with E-state index < -0.39 is 12.0 Å². The number of hydrogen-bond donors (Lipinski definition) is 3. The molecule has 4 rings (SSSR count). The lowest BCUT2D eigenvalue weighted by Crippen LogP contribution is -2.36. The number of nitrogens with zero attached hydrogens (tertiary/aromatic N) is 1. The lowest BCUT2D eigenvalue weighted by molar-refractivity contribution is 0.0955. The van der Waals surface area contributed by atoms with Gasteiger partial charge in [-0.15, -0.1) is 0 Å². The lowest BCUT2D eigenvalue weighted by Gasteiger charge is -2.22. The van der Waals surface area contributed by atoms with Crippen LogP contribution in [0.15, 0.2) is 59.7 Å². The Balaban J connectivity index is 1.42. The first kappa shape index (κ1) is 23.6. The number of nitrogens with one attached hydrogen (secondary N) is 2. The Bertz CT molecular complexity index is 1220. The number of fused-ring (bicyclic) bond motifs is 1. The summed E-state index contributed by atoms with van der Waals surface area (Å²) in [5.74, 6) is -0.542. The standard InChI is InChI=1S/C26H26ClN3O4/c27-23-14-17(12-13-24(23)31)25(32)30-28-15-18-10-11-19(22-9-5-4-8-21(18)22)16-34-26(33)29-20-6-2-1-3-7-20/h4-5,8-15,20,31H,1-3,6-7,16H2,(H,29,33)(H,30,32)/b28-15+. The molecule has 1 aliphatic carbocycles. The fourth-order valence-corrected chi connectivity index (χ4v) is 4.28. The van der Waals surface area contributed by atoms with Gasteiger partial charge in [-0.3, -0.25) is 4.79 Å². The summed E-state index contributed by atoms with van der Waals surface area (Å²) in [6, 6.07) is 15.9. The van der Waals surface area contributed by atoms with Gasteiger partial charge in [-0.25, -0.2) is 10.2 Å². The number of aromatic hydroxyl groups is 1. The summed E-state index contributed by atoms with van der Waals surface area (Å²) in [6.07, 6.45) is 6.68. The molecular formula is C26H26ClN3O4. The van der Waals surface area contributed by atoms with Crippen molar-refractivity contribution in [2.75, 3.05) is 0 Å². The predicted molar refractivity (Wildman–Crippen MR) is 132 cm³/mol. The van der Waals surface area contributed by atoms with E-state index in [0.29, 0.717) is 0 Å². The number of alkyl carbamates (subject to hydrolysis) is 1. The fraction of sp³-hybridized carbons (Fsp3) is 0.269. The van der Waals surface area contributed by atoms with Gasteiger partial charge in [0.15, 0.2) is 0 Å². The molecule has 1 fully saturated rings. The molecule has 176 valence electrons. The molecule has 0 radical (unpaired) electrons. The molecule has 1 saturated carbocycles. The number of phenolic OH excluding ortho intramolecular Hbond substituents is 1. The monoisotopic (exact) mass is 479 g/mol. The van der Waals surface area contributed by atoms with Gasteiger partial charge >= 0.3 is 6.09 Å². The number of ether oxygens (including phenoxy) is 1. The summed E-state index contributed by atoms with van der Waals surface area (Å²) in [4.78, 5) is 24.5. The fourth-order valence-electron chi connectivity index (χ4n) is 4.09. The molecule has 2 amide bonds. The van der Waals surface area contributed by atoms with Crippen molar-refractivity contribution in [3.63, 3.8) is 0 Å². The van der Waals surface area contributed by atoms with Gasteiger partial charge in [-0.05, 0) is 47.4 Å². The zero-order valence-electron chi connectivity index (χ0n) is 18.6. The highest BCUT2D eigenvalue weighted by atomic mass is 35.5. The molecule has 0 unspecified atom stereocenters. The largest absolute Gasteiger partial charge is 0.506 e. The third-order valence-corrected chi connectivity index (χ3v) is 6.22. The van der Waals surface area contributed by atoms with Crippen LogP contribution in [0.1, 0.15) is 53.6 Å². The number of carbonyl (C=O) groups is 2. The Kier molecular flexibility index (Phi) is 7.65. The Morgan fingerprint density at radius 3 is 2.59 bits per heavy atom. The molecule has 3 N–H and O–H groups in total. The van der Waals surface area contributed by atoms with Gasteiger partial charge in [-0.2, -0.15) is 5.10 Å². The minimum Gasteiger partial charge on any atom is -0.506 e. The normalized spacial score (nSPS) is 14.3. The number of hydrazone groups is 1. The van der Waals surface area contributed by atoms with Gasteiger partial charge in [0.1, 0.15) is 12.4 Å². The molecule has 0 saturated heterocycles. The first-order valence-corrected chi connectivity index (χ1v) is 11.6. The Morgan fingerprint density at radius 1 is 1.06 bits per heavy atom. The summed E-state index contributed by atoms with van der Waals surface area (Å²) in [5, 5.41) is 18.5. The maximum absolute atomic E-state index is 12.3. The van der Waals surface area contributed by atoms with Crippen molar-refractivity contribution in [1.29, 1.82) is 0 Å². The van der Waals surface area contributed by atoms with Crippen LogP contribution in [-0.4, -0.2) is 29.4 Å². The maximum atomic E-state index is 12.3. The van der Waals surface area contributed by atoms with Gasteiger partial charge in [0.05, 0.1) is 11.2 Å². The van der Waals surface area contributed by atoms with Crippen LogP contribution in [0.4, 0.5) is 4.79 Å². The highest BCUT2D eigenvalue weighted by Crippen LogP contribution is 2.24. The number of phenols is 1. The first-order chi connectivity index (χ1) is 16.5. The average Bonchev–Trinajstić information content (AvgIpc) is 2.85. The molecule has 0 heterocycles. The smallest absolute Gasteiger partial charge is 0.407 e. The number of amides is 2. The van der Waals surface area contributed by atoms with Crippen LogP contribution < -0.4 is 10.7 Å². The third-order valence-electron chi connectivity index (χ3n) is 5.91. The summed E-state index contributed by atoms with van der Waals surface area (Å²) >= 11 is 5.86. The molecule has 3 aromatic rings. The maximum Gasteiger partial charge on any atom is 0.407 e. The molecule has 0 bridgehead atoms. The van der Waals surface area contributed by atoms with Gasteiger partial charge in [-0.1, -0.05) is 67.3 Å². The van der Waals surface area contributed by atoms with E-state index in [1.54, 1.807) is 6.21 Å². The molecule has 3 aromatic carbocycles. The predicted octanol–water partition coefficient (Wildman–Crippen LogP) is 5.52. The van der Waals surface area contributed by atoms with E-state index in [4.69, 9.17) is 16.3 Å². The van der Waals surface area contributed by atoms with Crippen molar-refractivity contribution in [2.45, 2.75) is 44.8 Å². The van der Waals surface area contributed by atoms with E-state index in [0.717, 1.165) is 47.6 Å². The van der Waals surface area contributed by atoms with E-state index in [1.807, 2.05) is 36.4 Å². The summed E-state index contributed by atoms with van der Waals surface area (Å²) in [7, 11) is 0. The highest BCUT2D eigenvalue weighted by molar-refractivity contribution is 6.32. The molecular weight excluding hydrogens is 454 g/mol. The molecule has 8 heteroatoms. The van der Waals surface area contributed by atoms with E-state index in [-0.39, 0.29) is 29.0 Å². The number of carbonyl (C=O) groups excluding carboxylic acids is 2. The van der Waals surface area contributed by atoms with E-state index in [2.05, 4.69) is 15.8 Å². The third kappa shape index (κ3) is 5.85. The molecule has 0 aliphatic heterocycles. The van der Waals surface area contributed by atoms with Crippen molar-refractivity contribution in [3.8, 4) is 5.75 Å². The van der Waals surface area contributed by atoms with Gasteiger partial charge in [0, 0.05) is 17.2 Å². The van der Waals surface area contributed by atoms with Gasteiger partial charge in [0.2, 0.25) is 0 Å². The van der Waals surface area contributed by atoms with Gasteiger partial charge in [0.25, 0.3) is 5.91 Å². The summed E-state index contributed by atoms with van der Waals surface area (Å²) < 4.78 is 5.49. The van der Waals surface area contributed by atoms with Crippen LogP contribution in [0.2, 0.25) is 5.02 Å².